The van der Waals surface area contributed by atoms with Gasteiger partial charge in [-0.1, -0.05) is 0 Å². The van der Waals surface area contributed by atoms with E-state index in [1.807, 2.05) is 20.8 Å². The first-order valence-corrected chi connectivity index (χ1v) is 4.48. The summed E-state index contributed by atoms with van der Waals surface area (Å²) in [6.45, 7) is 6.84. The lowest BCUT2D eigenvalue weighted by atomic mass is 9.98. The van der Waals surface area contributed by atoms with Gasteiger partial charge in [0.1, 0.15) is 5.54 Å². The van der Waals surface area contributed by atoms with Crippen molar-refractivity contribution in [2.24, 2.45) is 0 Å². The molecule has 0 aliphatic carbocycles. The molecular weight excluding hydrogens is 154 g/mol. The zero-order valence-corrected chi connectivity index (χ0v) is 8.00. The topological polar surface area (TPSA) is 40.5 Å². The van der Waals surface area contributed by atoms with E-state index in [-0.39, 0.29) is 0 Å². The molecule has 0 aromatic rings. The van der Waals surface area contributed by atoms with Crippen LogP contribution in [-0.2, 0) is 4.79 Å². The maximum Gasteiger partial charge on any atom is 0.323 e. The van der Waals surface area contributed by atoms with E-state index in [0.717, 1.165) is 19.4 Å². The van der Waals surface area contributed by atoms with Crippen LogP contribution in [0.3, 0.4) is 0 Å². The number of likely N-dealkylation sites (tertiary alicyclic amines) is 1. The summed E-state index contributed by atoms with van der Waals surface area (Å²) in [5, 5.41) is 9.05. The van der Waals surface area contributed by atoms with Crippen molar-refractivity contribution < 1.29 is 9.90 Å². The molecule has 0 radical (unpaired) electrons. The Balaban J connectivity index is 2.81. The van der Waals surface area contributed by atoms with Crippen LogP contribution in [0.5, 0.6) is 0 Å². The predicted octanol–water partition coefficient (Wildman–Crippen LogP) is 1.33. The molecule has 3 heteroatoms. The monoisotopic (exact) mass is 171 g/mol. The molecule has 70 valence electrons. The minimum Gasteiger partial charge on any atom is -0.480 e. The lowest BCUT2D eigenvalue weighted by Gasteiger charge is -2.34. The Bertz CT molecular complexity index is 191. The molecule has 1 rings (SSSR count). The molecule has 1 aliphatic heterocycles. The van der Waals surface area contributed by atoms with Gasteiger partial charge in [0.05, 0.1) is 0 Å². The summed E-state index contributed by atoms with van der Waals surface area (Å²) in [6, 6.07) is 0.327. The molecule has 1 fully saturated rings. The number of hydrogen-bond donors (Lipinski definition) is 1. The van der Waals surface area contributed by atoms with Crippen LogP contribution in [0.4, 0.5) is 0 Å². The zero-order chi connectivity index (χ0) is 9.35. The van der Waals surface area contributed by atoms with Crippen molar-refractivity contribution in [3.05, 3.63) is 0 Å². The molecule has 0 aromatic heterocycles. The quantitative estimate of drug-likeness (QED) is 0.681. The molecule has 1 atom stereocenters. The highest BCUT2D eigenvalue weighted by Gasteiger charge is 2.44. The fourth-order valence-electron chi connectivity index (χ4n) is 2.04. The molecule has 1 heterocycles. The summed E-state index contributed by atoms with van der Waals surface area (Å²) < 4.78 is 0. The molecule has 1 N–H and O–H groups in total. The van der Waals surface area contributed by atoms with Crippen LogP contribution >= 0.6 is 0 Å². The molecule has 12 heavy (non-hydrogen) atoms. The van der Waals surface area contributed by atoms with E-state index in [0.29, 0.717) is 6.04 Å². The van der Waals surface area contributed by atoms with Gasteiger partial charge >= 0.3 is 5.97 Å². The second kappa shape index (κ2) is 3.05. The van der Waals surface area contributed by atoms with Gasteiger partial charge in [0.25, 0.3) is 0 Å². The first kappa shape index (κ1) is 9.52. The number of carboxylic acid groups (broad SMARTS) is 1. The van der Waals surface area contributed by atoms with E-state index in [1.54, 1.807) is 0 Å². The third-order valence-electron chi connectivity index (χ3n) is 2.78. The summed E-state index contributed by atoms with van der Waals surface area (Å²) in [5.74, 6) is -0.686. The smallest absolute Gasteiger partial charge is 0.323 e. The third-order valence-corrected chi connectivity index (χ3v) is 2.78. The highest BCUT2D eigenvalue weighted by Crippen LogP contribution is 2.30. The van der Waals surface area contributed by atoms with Gasteiger partial charge in [-0.2, -0.15) is 0 Å². The normalized spacial score (nSPS) is 31.3. The van der Waals surface area contributed by atoms with Crippen molar-refractivity contribution in [1.82, 2.24) is 4.90 Å². The fourth-order valence-corrected chi connectivity index (χ4v) is 2.04. The van der Waals surface area contributed by atoms with E-state index >= 15 is 0 Å². The Morgan fingerprint density at radius 3 is 2.50 bits per heavy atom. The summed E-state index contributed by atoms with van der Waals surface area (Å²) in [4.78, 5) is 13.1. The van der Waals surface area contributed by atoms with Crippen LogP contribution in [0.15, 0.2) is 0 Å². The van der Waals surface area contributed by atoms with Gasteiger partial charge in [0, 0.05) is 6.04 Å². The number of carboxylic acids is 1. The van der Waals surface area contributed by atoms with Gasteiger partial charge in [-0.3, -0.25) is 9.69 Å². The molecule has 0 bridgehead atoms. The summed E-state index contributed by atoms with van der Waals surface area (Å²) in [5.41, 5.74) is -0.617. The predicted molar refractivity (Wildman–Crippen MR) is 47.1 cm³/mol. The first-order chi connectivity index (χ1) is 5.48. The Morgan fingerprint density at radius 2 is 2.17 bits per heavy atom. The van der Waals surface area contributed by atoms with Crippen molar-refractivity contribution in [2.75, 3.05) is 6.54 Å². The van der Waals surface area contributed by atoms with Gasteiger partial charge in [0.15, 0.2) is 0 Å². The Kier molecular flexibility index (Phi) is 2.42. The summed E-state index contributed by atoms with van der Waals surface area (Å²) in [6.07, 6.45) is 1.78. The summed E-state index contributed by atoms with van der Waals surface area (Å²) in [7, 11) is 0. The second-order valence-corrected chi connectivity index (χ2v) is 3.97. The fraction of sp³-hybridized carbons (Fsp3) is 0.889. The molecule has 1 aliphatic rings. The molecule has 0 amide bonds. The van der Waals surface area contributed by atoms with Crippen LogP contribution in [0.1, 0.15) is 33.6 Å². The zero-order valence-electron chi connectivity index (χ0n) is 8.00. The Labute approximate surface area is 73.4 Å². The minimum atomic E-state index is -0.686. The second-order valence-electron chi connectivity index (χ2n) is 3.97. The van der Waals surface area contributed by atoms with E-state index in [4.69, 9.17) is 5.11 Å². The number of carbonyl (C=O) groups is 1. The molecule has 1 saturated heterocycles. The van der Waals surface area contributed by atoms with Crippen molar-refractivity contribution in [3.63, 3.8) is 0 Å². The maximum atomic E-state index is 11.0. The summed E-state index contributed by atoms with van der Waals surface area (Å²) >= 11 is 0. The van der Waals surface area contributed by atoms with Crippen molar-refractivity contribution >= 4 is 5.97 Å². The van der Waals surface area contributed by atoms with Gasteiger partial charge in [-0.15, -0.1) is 0 Å². The van der Waals surface area contributed by atoms with Crippen LogP contribution in [0.25, 0.3) is 0 Å². The molecule has 0 aromatic carbocycles. The highest BCUT2D eigenvalue weighted by molar-refractivity contribution is 5.78. The van der Waals surface area contributed by atoms with E-state index in [2.05, 4.69) is 4.90 Å². The first-order valence-electron chi connectivity index (χ1n) is 4.48. The Morgan fingerprint density at radius 1 is 1.58 bits per heavy atom. The minimum absolute atomic E-state index is 0.327. The lowest BCUT2D eigenvalue weighted by Crippen LogP contribution is -2.50. The largest absolute Gasteiger partial charge is 0.480 e. The van der Waals surface area contributed by atoms with Crippen LogP contribution < -0.4 is 0 Å². The average Bonchev–Trinajstić information content (AvgIpc) is 2.32. The van der Waals surface area contributed by atoms with E-state index in [1.165, 1.54) is 0 Å². The van der Waals surface area contributed by atoms with E-state index < -0.39 is 11.5 Å². The number of rotatable bonds is 2. The lowest BCUT2D eigenvalue weighted by molar-refractivity contribution is -0.149. The maximum absolute atomic E-state index is 11.0. The van der Waals surface area contributed by atoms with Crippen LogP contribution in [-0.4, -0.2) is 34.1 Å². The molecule has 0 spiro atoms. The number of hydrogen-bond acceptors (Lipinski definition) is 2. The molecular formula is C9H17NO2. The molecule has 0 saturated carbocycles. The van der Waals surface area contributed by atoms with Crippen molar-refractivity contribution in [3.8, 4) is 0 Å². The average molecular weight is 171 g/mol. The SMILES string of the molecule is CC(C)N1CCCC1(C)C(=O)O. The van der Waals surface area contributed by atoms with Crippen molar-refractivity contribution in [1.29, 1.82) is 0 Å². The highest BCUT2D eigenvalue weighted by atomic mass is 16.4. The Hall–Kier alpha value is -0.570. The van der Waals surface area contributed by atoms with Gasteiger partial charge < -0.3 is 5.11 Å². The van der Waals surface area contributed by atoms with Crippen molar-refractivity contribution in [2.45, 2.75) is 45.2 Å². The van der Waals surface area contributed by atoms with E-state index in [9.17, 15) is 4.79 Å². The van der Waals surface area contributed by atoms with Crippen LogP contribution in [0.2, 0.25) is 0 Å². The number of aliphatic carboxylic acids is 1. The van der Waals surface area contributed by atoms with Gasteiger partial charge in [-0.05, 0) is 40.2 Å². The number of nitrogens with zero attached hydrogens (tertiary/aromatic N) is 1. The van der Waals surface area contributed by atoms with Gasteiger partial charge in [-0.25, -0.2) is 0 Å². The standard InChI is InChI=1S/C9H17NO2/c1-7(2)10-6-4-5-9(10,3)8(11)12/h7H,4-6H2,1-3H3,(H,11,12). The third kappa shape index (κ3) is 1.33. The van der Waals surface area contributed by atoms with Crippen LogP contribution in [0, 0.1) is 0 Å². The molecule has 3 nitrogen and oxygen atoms in total. The van der Waals surface area contributed by atoms with Gasteiger partial charge in [0.2, 0.25) is 0 Å². The molecule has 1 unspecified atom stereocenters.